The van der Waals surface area contributed by atoms with E-state index >= 15 is 0 Å². The van der Waals surface area contributed by atoms with Gasteiger partial charge in [0.15, 0.2) is 5.82 Å². The third kappa shape index (κ3) is 6.15. The number of rotatable bonds is 7. The van der Waals surface area contributed by atoms with Crippen molar-refractivity contribution >= 4 is 34.8 Å². The first-order chi connectivity index (χ1) is 19.5. The standard InChI is InChI=1S/C31H29N5O4/c1-40-31(39)23-12-8-11-22(17-23)29(37)35-27-14-13-25(36-15-6-3-7-16-36)18-26(27)30(38)34-24-19-32-28(33-20-24)21-9-4-2-5-10-21/h2,4-5,8-14,17-20H,3,6-7,15-16H2,1H3,(H,34,38)(H,35,37). The molecule has 0 bridgehead atoms. The molecular weight excluding hydrogens is 506 g/mol. The Balaban J connectivity index is 1.41. The maximum Gasteiger partial charge on any atom is 0.337 e. The monoisotopic (exact) mass is 535 g/mol. The molecule has 5 rings (SSSR count). The Labute approximate surface area is 232 Å². The molecule has 40 heavy (non-hydrogen) atoms. The molecular formula is C31H29N5O4. The molecule has 0 saturated carbocycles. The second-order valence-corrected chi connectivity index (χ2v) is 9.42. The SMILES string of the molecule is COC(=O)c1cccc(C(=O)Nc2ccc(N3CCCCC3)cc2C(=O)Nc2cnc(-c3ccccc3)nc2)c1. The minimum absolute atomic E-state index is 0.257. The largest absolute Gasteiger partial charge is 0.465 e. The fraction of sp³-hybridized carbons (Fsp3) is 0.194. The van der Waals surface area contributed by atoms with Crippen LogP contribution in [0.5, 0.6) is 0 Å². The Morgan fingerprint density at radius 1 is 0.775 bits per heavy atom. The lowest BCUT2D eigenvalue weighted by atomic mass is 10.1. The van der Waals surface area contributed by atoms with Gasteiger partial charge in [0.2, 0.25) is 0 Å². The highest BCUT2D eigenvalue weighted by Gasteiger charge is 2.20. The molecule has 9 nitrogen and oxygen atoms in total. The molecule has 2 amide bonds. The molecule has 9 heteroatoms. The van der Waals surface area contributed by atoms with E-state index in [1.165, 1.54) is 19.6 Å². The van der Waals surface area contributed by atoms with Crippen LogP contribution in [0.25, 0.3) is 11.4 Å². The van der Waals surface area contributed by atoms with Crippen molar-refractivity contribution in [2.45, 2.75) is 19.3 Å². The van der Waals surface area contributed by atoms with Crippen molar-refractivity contribution in [1.82, 2.24) is 9.97 Å². The Morgan fingerprint density at radius 3 is 2.23 bits per heavy atom. The van der Waals surface area contributed by atoms with Crippen LogP contribution in [-0.4, -0.2) is 48.0 Å². The first-order valence-electron chi connectivity index (χ1n) is 13.1. The van der Waals surface area contributed by atoms with Gasteiger partial charge in [0.1, 0.15) is 0 Å². The van der Waals surface area contributed by atoms with Gasteiger partial charge in [-0.1, -0.05) is 36.4 Å². The highest BCUT2D eigenvalue weighted by molar-refractivity contribution is 6.13. The topological polar surface area (TPSA) is 114 Å². The summed E-state index contributed by atoms with van der Waals surface area (Å²) in [5.74, 6) is -0.858. The van der Waals surface area contributed by atoms with E-state index in [1.807, 2.05) is 36.4 Å². The second kappa shape index (κ2) is 12.2. The number of hydrogen-bond donors (Lipinski definition) is 2. The summed E-state index contributed by atoms with van der Waals surface area (Å²) in [6.07, 6.45) is 6.46. The van der Waals surface area contributed by atoms with Crippen molar-refractivity contribution in [2.75, 3.05) is 35.7 Å². The first kappa shape index (κ1) is 26.6. The van der Waals surface area contributed by atoms with Crippen LogP contribution in [0.15, 0.2) is 85.2 Å². The summed E-state index contributed by atoms with van der Waals surface area (Å²) in [5, 5.41) is 5.69. The van der Waals surface area contributed by atoms with Crippen LogP contribution < -0.4 is 15.5 Å². The minimum Gasteiger partial charge on any atom is -0.465 e. The fourth-order valence-corrected chi connectivity index (χ4v) is 4.60. The number of esters is 1. The third-order valence-corrected chi connectivity index (χ3v) is 6.70. The van der Waals surface area contributed by atoms with Gasteiger partial charge in [0.05, 0.1) is 42.0 Å². The summed E-state index contributed by atoms with van der Waals surface area (Å²) >= 11 is 0. The number of anilines is 3. The summed E-state index contributed by atoms with van der Waals surface area (Å²) in [7, 11) is 1.28. The summed E-state index contributed by atoms with van der Waals surface area (Å²) in [5.41, 5.74) is 3.37. The van der Waals surface area contributed by atoms with Crippen molar-refractivity contribution in [1.29, 1.82) is 0 Å². The number of carbonyl (C=O) groups is 3. The van der Waals surface area contributed by atoms with Crippen LogP contribution >= 0.6 is 0 Å². The molecule has 202 valence electrons. The number of amides is 2. The van der Waals surface area contributed by atoms with Gasteiger partial charge in [-0.05, 0) is 55.7 Å². The highest BCUT2D eigenvalue weighted by Crippen LogP contribution is 2.27. The Kier molecular flexibility index (Phi) is 8.10. The summed E-state index contributed by atoms with van der Waals surface area (Å²) < 4.78 is 4.76. The lowest BCUT2D eigenvalue weighted by Crippen LogP contribution is -2.29. The van der Waals surface area contributed by atoms with Gasteiger partial charge in [0, 0.05) is 29.9 Å². The summed E-state index contributed by atoms with van der Waals surface area (Å²) in [6, 6.07) is 21.2. The third-order valence-electron chi connectivity index (χ3n) is 6.70. The maximum atomic E-state index is 13.5. The Bertz CT molecular complexity index is 1520. The normalized spacial score (nSPS) is 12.9. The quantitative estimate of drug-likeness (QED) is 0.304. The first-order valence-corrected chi connectivity index (χ1v) is 13.1. The van der Waals surface area contributed by atoms with Crippen molar-refractivity contribution in [3.05, 3.63) is 102 Å². The number of methoxy groups -OCH3 is 1. The number of aromatic nitrogens is 2. The predicted octanol–water partition coefficient (Wildman–Crippen LogP) is 5.43. The minimum atomic E-state index is -0.541. The predicted molar refractivity (Wildman–Crippen MR) is 154 cm³/mol. The van der Waals surface area contributed by atoms with Gasteiger partial charge < -0.3 is 20.3 Å². The van der Waals surface area contributed by atoms with E-state index in [4.69, 9.17) is 4.74 Å². The molecule has 0 unspecified atom stereocenters. The van der Waals surface area contributed by atoms with E-state index < -0.39 is 17.8 Å². The van der Waals surface area contributed by atoms with Crippen LogP contribution in [0.4, 0.5) is 17.1 Å². The number of nitrogens with zero attached hydrogens (tertiary/aromatic N) is 3. The molecule has 1 aliphatic rings. The summed E-state index contributed by atoms with van der Waals surface area (Å²) in [4.78, 5) is 49.6. The van der Waals surface area contributed by atoms with Crippen molar-refractivity contribution in [3.63, 3.8) is 0 Å². The molecule has 0 radical (unpaired) electrons. The number of nitrogens with one attached hydrogen (secondary N) is 2. The molecule has 4 aromatic rings. The van der Waals surface area contributed by atoms with E-state index in [2.05, 4.69) is 25.5 Å². The lowest BCUT2D eigenvalue weighted by molar-refractivity contribution is 0.0600. The summed E-state index contributed by atoms with van der Waals surface area (Å²) in [6.45, 7) is 1.81. The zero-order valence-electron chi connectivity index (χ0n) is 22.1. The molecule has 1 saturated heterocycles. The zero-order valence-corrected chi connectivity index (χ0v) is 22.1. The number of carbonyl (C=O) groups excluding carboxylic acids is 3. The lowest BCUT2D eigenvalue weighted by Gasteiger charge is -2.29. The Morgan fingerprint density at radius 2 is 1.50 bits per heavy atom. The van der Waals surface area contributed by atoms with Crippen molar-refractivity contribution < 1.29 is 19.1 Å². The van der Waals surface area contributed by atoms with Gasteiger partial charge in [-0.2, -0.15) is 0 Å². The van der Waals surface area contributed by atoms with E-state index in [1.54, 1.807) is 42.7 Å². The number of piperidine rings is 1. The van der Waals surface area contributed by atoms with E-state index in [9.17, 15) is 14.4 Å². The maximum absolute atomic E-state index is 13.5. The van der Waals surface area contributed by atoms with Crippen molar-refractivity contribution in [2.24, 2.45) is 0 Å². The average molecular weight is 536 g/mol. The molecule has 0 spiro atoms. The van der Waals surface area contributed by atoms with Gasteiger partial charge in [-0.15, -0.1) is 0 Å². The molecule has 1 fully saturated rings. The Hall–Kier alpha value is -5.05. The smallest absolute Gasteiger partial charge is 0.337 e. The van der Waals surface area contributed by atoms with Gasteiger partial charge in [0.25, 0.3) is 11.8 Å². The van der Waals surface area contributed by atoms with Crippen LogP contribution in [-0.2, 0) is 4.74 Å². The second-order valence-electron chi connectivity index (χ2n) is 9.42. The van der Waals surface area contributed by atoms with Gasteiger partial charge in [-0.25, -0.2) is 14.8 Å². The zero-order chi connectivity index (χ0) is 27.9. The number of ether oxygens (including phenoxy) is 1. The van der Waals surface area contributed by atoms with E-state index in [-0.39, 0.29) is 11.1 Å². The molecule has 1 aliphatic heterocycles. The molecule has 0 atom stereocenters. The number of benzene rings is 3. The molecule has 2 N–H and O–H groups in total. The highest BCUT2D eigenvalue weighted by atomic mass is 16.5. The van der Waals surface area contributed by atoms with Crippen LogP contribution in [0.1, 0.15) is 50.3 Å². The van der Waals surface area contributed by atoms with Crippen LogP contribution in [0.3, 0.4) is 0 Å². The number of hydrogen-bond acceptors (Lipinski definition) is 7. The molecule has 3 aromatic carbocycles. The van der Waals surface area contributed by atoms with E-state index in [0.29, 0.717) is 22.8 Å². The average Bonchev–Trinajstić information content (AvgIpc) is 3.02. The van der Waals surface area contributed by atoms with Crippen LogP contribution in [0, 0.1) is 0 Å². The van der Waals surface area contributed by atoms with Crippen molar-refractivity contribution in [3.8, 4) is 11.4 Å². The van der Waals surface area contributed by atoms with Crippen LogP contribution in [0.2, 0.25) is 0 Å². The fourth-order valence-electron chi connectivity index (χ4n) is 4.60. The van der Waals surface area contributed by atoms with Gasteiger partial charge in [-0.3, -0.25) is 9.59 Å². The van der Waals surface area contributed by atoms with Gasteiger partial charge >= 0.3 is 5.97 Å². The molecule has 1 aromatic heterocycles. The molecule has 0 aliphatic carbocycles. The van der Waals surface area contributed by atoms with E-state index in [0.717, 1.165) is 37.2 Å². The molecule has 2 heterocycles.